The maximum atomic E-state index is 11.0. The van der Waals surface area contributed by atoms with Crippen LogP contribution in [-0.4, -0.2) is 86.3 Å². The van der Waals surface area contributed by atoms with E-state index < -0.39 is 0 Å². The number of hydrogen-bond donors (Lipinski definition) is 2. The highest BCUT2D eigenvalue weighted by molar-refractivity contribution is 5.98. The van der Waals surface area contributed by atoms with Crippen molar-refractivity contribution in [2.45, 2.75) is 45.8 Å². The van der Waals surface area contributed by atoms with Gasteiger partial charge in [-0.25, -0.2) is 9.78 Å². The van der Waals surface area contributed by atoms with Gasteiger partial charge >= 0.3 is 6.01 Å². The van der Waals surface area contributed by atoms with Crippen molar-refractivity contribution < 1.29 is 9.63 Å². The molecule has 0 bridgehead atoms. The molecule has 5 heterocycles. The summed E-state index contributed by atoms with van der Waals surface area (Å²) in [4.78, 5) is 38.0. The first-order valence-corrected chi connectivity index (χ1v) is 13.4. The third kappa shape index (κ3) is 4.69. The minimum absolute atomic E-state index is 0.107. The van der Waals surface area contributed by atoms with Crippen molar-refractivity contribution in [3.63, 3.8) is 0 Å². The van der Waals surface area contributed by atoms with Crippen molar-refractivity contribution in [1.82, 2.24) is 40.4 Å². The summed E-state index contributed by atoms with van der Waals surface area (Å²) in [6, 6.07) is 6.55. The third-order valence-corrected chi connectivity index (χ3v) is 8.04. The highest BCUT2D eigenvalue weighted by atomic mass is 16.7. The predicted octanol–water partition coefficient (Wildman–Crippen LogP) is 2.98. The number of hydroxylamine groups is 1. The van der Waals surface area contributed by atoms with Crippen molar-refractivity contribution in [2.75, 3.05) is 38.1 Å². The average molecular weight is 528 g/mol. The fourth-order valence-electron chi connectivity index (χ4n) is 5.66. The third-order valence-electron chi connectivity index (χ3n) is 8.04. The number of likely N-dealkylation sites (tertiary alicyclic amines) is 1. The molecule has 2 saturated heterocycles. The Kier molecular flexibility index (Phi) is 6.64. The molecule has 2 aliphatic heterocycles. The van der Waals surface area contributed by atoms with Gasteiger partial charge in [0.25, 0.3) is 0 Å². The molecule has 0 radical (unpaired) electrons. The Balaban J connectivity index is 1.43. The zero-order valence-corrected chi connectivity index (χ0v) is 22.7. The Morgan fingerprint density at radius 3 is 2.79 bits per heavy atom. The number of fused-ring (bicyclic) bond motifs is 2. The topological polar surface area (TPSA) is 115 Å². The van der Waals surface area contributed by atoms with Gasteiger partial charge in [0.1, 0.15) is 11.8 Å². The maximum Gasteiger partial charge on any atom is 0.339 e. The number of aromatic nitrogens is 5. The van der Waals surface area contributed by atoms with Crippen LogP contribution in [0.5, 0.6) is 6.01 Å². The predicted molar refractivity (Wildman–Crippen MR) is 150 cm³/mol. The van der Waals surface area contributed by atoms with E-state index in [1.807, 2.05) is 29.2 Å². The molecule has 202 valence electrons. The van der Waals surface area contributed by atoms with Crippen LogP contribution in [0.25, 0.3) is 33.2 Å². The quantitative estimate of drug-likeness (QED) is 0.286. The smallest absolute Gasteiger partial charge is 0.339 e. The van der Waals surface area contributed by atoms with Gasteiger partial charge in [-0.3, -0.25) is 10.00 Å². The zero-order chi connectivity index (χ0) is 27.1. The summed E-state index contributed by atoms with van der Waals surface area (Å²) in [5.41, 5.74) is 8.86. The molecule has 2 aliphatic rings. The molecule has 0 unspecified atom stereocenters. The number of nitrogens with one attached hydrogen (secondary N) is 2. The standard InChI is InChI=1S/C28H33N9O2/c1-17-14-23-21(15-29-33-23)25(19(17)3)22-8-7-20-26(30-22)31-28(39-34-24-6-5-9-35(24)4)32-27(20)37-11-10-36(12-13-38)18(2)16-37/h7-8,12,14-15,18,24,34H,5-6,9-11,16H2,1-4H3,(H,29,33)/t18-,24-/m0/s1. The van der Waals surface area contributed by atoms with E-state index in [2.05, 4.69) is 59.4 Å². The van der Waals surface area contributed by atoms with Gasteiger partial charge in [-0.15, -0.1) is 5.48 Å². The first-order valence-electron chi connectivity index (χ1n) is 13.4. The van der Waals surface area contributed by atoms with E-state index in [0.29, 0.717) is 25.3 Å². The summed E-state index contributed by atoms with van der Waals surface area (Å²) in [6.07, 6.45) is 5.55. The SMILES string of the molecule is Cc1cc2[nH]ncc2c(-c2ccc3c(N4CCN(C=C=O)[C@@H](C)C4)nc(ON[C@@H]4CCCN4C)nc3n2)c1C. The van der Waals surface area contributed by atoms with E-state index in [4.69, 9.17) is 19.8 Å². The van der Waals surface area contributed by atoms with E-state index >= 15 is 0 Å². The number of rotatable bonds is 6. The van der Waals surface area contributed by atoms with E-state index in [1.165, 1.54) is 6.20 Å². The molecule has 0 amide bonds. The molecule has 3 aromatic heterocycles. The number of carbonyl (C=O) groups excluding carboxylic acids is 1. The Morgan fingerprint density at radius 2 is 2.03 bits per heavy atom. The molecule has 6 rings (SSSR count). The van der Waals surface area contributed by atoms with Gasteiger partial charge in [-0.05, 0) is 76.5 Å². The van der Waals surface area contributed by atoms with E-state index in [1.54, 1.807) is 0 Å². The van der Waals surface area contributed by atoms with Crippen LogP contribution in [0.2, 0.25) is 0 Å². The molecule has 2 atom stereocenters. The van der Waals surface area contributed by atoms with Crippen molar-refractivity contribution in [1.29, 1.82) is 0 Å². The van der Waals surface area contributed by atoms with Crippen LogP contribution in [0.3, 0.4) is 0 Å². The molecular formula is C28H33N9O2. The van der Waals surface area contributed by atoms with Gasteiger partial charge in [-0.2, -0.15) is 15.1 Å². The van der Waals surface area contributed by atoms with Crippen molar-refractivity contribution in [3.05, 3.63) is 41.7 Å². The monoisotopic (exact) mass is 527 g/mol. The van der Waals surface area contributed by atoms with Crippen LogP contribution in [0.1, 0.15) is 30.9 Å². The summed E-state index contributed by atoms with van der Waals surface area (Å²) in [6.45, 7) is 9.39. The average Bonchev–Trinajstić information content (AvgIpc) is 3.56. The number of anilines is 1. The van der Waals surface area contributed by atoms with Crippen LogP contribution in [0.15, 0.2) is 30.6 Å². The fourth-order valence-corrected chi connectivity index (χ4v) is 5.66. The summed E-state index contributed by atoms with van der Waals surface area (Å²) >= 11 is 0. The van der Waals surface area contributed by atoms with Crippen LogP contribution in [-0.2, 0) is 4.79 Å². The van der Waals surface area contributed by atoms with Gasteiger partial charge < -0.3 is 14.6 Å². The number of hydrogen-bond acceptors (Lipinski definition) is 10. The lowest BCUT2D eigenvalue weighted by Gasteiger charge is -2.39. The lowest BCUT2D eigenvalue weighted by Crippen LogP contribution is -2.50. The minimum atomic E-state index is 0.107. The molecule has 0 saturated carbocycles. The van der Waals surface area contributed by atoms with Gasteiger partial charge in [0.2, 0.25) is 0 Å². The highest BCUT2D eigenvalue weighted by Gasteiger charge is 2.27. The number of benzene rings is 1. The number of nitrogens with zero attached hydrogens (tertiary/aromatic N) is 7. The first kappa shape index (κ1) is 25.2. The summed E-state index contributed by atoms with van der Waals surface area (Å²) < 4.78 is 0. The molecule has 11 heteroatoms. The summed E-state index contributed by atoms with van der Waals surface area (Å²) in [5, 5.41) is 9.23. The normalized spacial score (nSPS) is 20.1. The second-order valence-corrected chi connectivity index (χ2v) is 10.6. The van der Waals surface area contributed by atoms with Crippen LogP contribution in [0.4, 0.5) is 5.82 Å². The van der Waals surface area contributed by atoms with E-state index in [-0.39, 0.29) is 18.2 Å². The molecule has 0 aliphatic carbocycles. The number of aromatic amines is 1. The second kappa shape index (κ2) is 10.3. The van der Waals surface area contributed by atoms with Crippen molar-refractivity contribution in [2.24, 2.45) is 0 Å². The second-order valence-electron chi connectivity index (χ2n) is 10.6. The Hall–Kier alpha value is -4.05. The van der Waals surface area contributed by atoms with Gasteiger partial charge in [0.15, 0.2) is 5.65 Å². The summed E-state index contributed by atoms with van der Waals surface area (Å²) in [5.74, 6) is 2.68. The molecule has 1 aromatic carbocycles. The van der Waals surface area contributed by atoms with Crippen molar-refractivity contribution >= 4 is 33.7 Å². The minimum Gasteiger partial charge on any atom is -0.366 e. The lowest BCUT2D eigenvalue weighted by atomic mass is 9.96. The summed E-state index contributed by atoms with van der Waals surface area (Å²) in [7, 11) is 2.07. The Morgan fingerprint density at radius 1 is 1.15 bits per heavy atom. The van der Waals surface area contributed by atoms with Gasteiger partial charge in [-0.1, -0.05) is 0 Å². The van der Waals surface area contributed by atoms with Gasteiger partial charge in [0.05, 0.1) is 35.2 Å². The van der Waals surface area contributed by atoms with Crippen molar-refractivity contribution in [3.8, 4) is 17.3 Å². The lowest BCUT2D eigenvalue weighted by molar-refractivity contribution is 0.0820. The number of piperazine rings is 1. The molecular weight excluding hydrogens is 494 g/mol. The molecule has 39 heavy (non-hydrogen) atoms. The molecule has 11 nitrogen and oxygen atoms in total. The van der Waals surface area contributed by atoms with Crippen LogP contribution in [0, 0.1) is 13.8 Å². The molecule has 2 fully saturated rings. The number of aryl methyl sites for hydroxylation is 1. The number of pyridine rings is 1. The number of H-pyrrole nitrogens is 1. The van der Waals surface area contributed by atoms with Gasteiger partial charge in [0, 0.05) is 36.6 Å². The first-order chi connectivity index (χ1) is 18.9. The van der Waals surface area contributed by atoms with E-state index in [9.17, 15) is 4.79 Å². The largest absolute Gasteiger partial charge is 0.366 e. The fraction of sp³-hybridized carbons (Fsp3) is 0.429. The maximum absolute atomic E-state index is 11.0. The zero-order valence-electron chi connectivity index (χ0n) is 22.7. The Labute approximate surface area is 226 Å². The molecule has 2 N–H and O–H groups in total. The molecule has 0 spiro atoms. The highest BCUT2D eigenvalue weighted by Crippen LogP contribution is 2.35. The van der Waals surface area contributed by atoms with Crippen LogP contribution < -0.4 is 15.2 Å². The van der Waals surface area contributed by atoms with Crippen LogP contribution >= 0.6 is 0 Å². The van der Waals surface area contributed by atoms with E-state index in [0.717, 1.165) is 63.9 Å². The Bertz CT molecular complexity index is 1580. The molecule has 4 aromatic rings.